The number of esters is 1. The van der Waals surface area contributed by atoms with E-state index in [1.807, 2.05) is 18.2 Å². The van der Waals surface area contributed by atoms with Crippen LogP contribution in [0.5, 0.6) is 11.5 Å². The van der Waals surface area contributed by atoms with Crippen molar-refractivity contribution in [2.75, 3.05) is 20.8 Å². The molecule has 0 N–H and O–H groups in total. The molecule has 2 aromatic rings. The predicted molar refractivity (Wildman–Crippen MR) is 126 cm³/mol. The van der Waals surface area contributed by atoms with Gasteiger partial charge >= 0.3 is 5.97 Å². The first-order valence-electron chi connectivity index (χ1n) is 8.52. The van der Waals surface area contributed by atoms with Crippen LogP contribution >= 0.6 is 55.1 Å². The number of carbonyl (C=O) groups is 1. The van der Waals surface area contributed by atoms with Gasteiger partial charge in [0.05, 0.1) is 33.9 Å². The normalized spacial score (nSPS) is 10.9. The van der Waals surface area contributed by atoms with Crippen molar-refractivity contribution >= 4 is 66.6 Å². The molecule has 2 rings (SSSR count). The second-order valence-electron chi connectivity index (χ2n) is 5.73. The average Bonchev–Trinajstić information content (AvgIpc) is 2.72. The molecule has 0 unspecified atom stereocenters. The maximum atomic E-state index is 12.1. The molecule has 9 heteroatoms. The van der Waals surface area contributed by atoms with E-state index in [9.17, 15) is 4.79 Å². The molecule has 0 amide bonds. The minimum absolute atomic E-state index is 0.167. The SMILES string of the molecule is COC=C(C(=O)OC)c1ccccc1COc1cc(Cl)c(OCC=C(Br)Br)c(Cl)c1. The fraction of sp³-hybridized carbons (Fsp3) is 0.190. The molecule has 0 atom stereocenters. The van der Waals surface area contributed by atoms with E-state index in [0.29, 0.717) is 27.1 Å². The first-order chi connectivity index (χ1) is 14.4. The van der Waals surface area contributed by atoms with Gasteiger partial charge in [-0.1, -0.05) is 47.5 Å². The molecule has 0 saturated carbocycles. The highest BCUT2D eigenvalue weighted by atomic mass is 79.9. The molecule has 0 heterocycles. The van der Waals surface area contributed by atoms with Crippen LogP contribution < -0.4 is 9.47 Å². The molecule has 0 bridgehead atoms. The van der Waals surface area contributed by atoms with Gasteiger partial charge in [-0.15, -0.1) is 0 Å². The van der Waals surface area contributed by atoms with Crippen LogP contribution in [0.25, 0.3) is 5.57 Å². The van der Waals surface area contributed by atoms with Crippen LogP contribution in [0.4, 0.5) is 0 Å². The van der Waals surface area contributed by atoms with Gasteiger partial charge in [0.15, 0.2) is 5.75 Å². The first-order valence-corrected chi connectivity index (χ1v) is 10.9. The molecule has 0 aliphatic heterocycles. The highest BCUT2D eigenvalue weighted by molar-refractivity contribution is 9.28. The molecule has 30 heavy (non-hydrogen) atoms. The third-order valence-electron chi connectivity index (χ3n) is 3.78. The topological polar surface area (TPSA) is 54.0 Å². The smallest absolute Gasteiger partial charge is 0.341 e. The Kier molecular flexibility index (Phi) is 10.0. The number of hydrogen-bond acceptors (Lipinski definition) is 5. The number of ether oxygens (including phenoxy) is 4. The zero-order chi connectivity index (χ0) is 22.1. The van der Waals surface area contributed by atoms with E-state index in [1.54, 1.807) is 24.3 Å². The summed E-state index contributed by atoms with van der Waals surface area (Å²) in [5, 5.41) is 0.638. The van der Waals surface area contributed by atoms with Crippen LogP contribution in [0, 0.1) is 0 Å². The second kappa shape index (κ2) is 12.2. The third kappa shape index (κ3) is 6.94. The van der Waals surface area contributed by atoms with E-state index in [-0.39, 0.29) is 18.8 Å². The molecule has 0 aromatic heterocycles. The lowest BCUT2D eigenvalue weighted by molar-refractivity contribution is -0.133. The van der Waals surface area contributed by atoms with E-state index < -0.39 is 5.97 Å². The molecule has 0 spiro atoms. The molecule has 2 aromatic carbocycles. The van der Waals surface area contributed by atoms with Gasteiger partial charge in [0.25, 0.3) is 0 Å². The summed E-state index contributed by atoms with van der Waals surface area (Å²) >= 11 is 19.1. The van der Waals surface area contributed by atoms with Crippen molar-refractivity contribution in [2.24, 2.45) is 0 Å². The summed E-state index contributed by atoms with van der Waals surface area (Å²) in [5.74, 6) is 0.306. The molecule has 160 valence electrons. The Hall–Kier alpha value is -1.67. The van der Waals surface area contributed by atoms with E-state index in [1.165, 1.54) is 20.5 Å². The summed E-state index contributed by atoms with van der Waals surface area (Å²) in [7, 11) is 2.77. The van der Waals surface area contributed by atoms with Crippen molar-refractivity contribution in [3.63, 3.8) is 0 Å². The third-order valence-corrected chi connectivity index (χ3v) is 4.99. The fourth-order valence-corrected chi connectivity index (χ4v) is 3.31. The Morgan fingerprint density at radius 1 is 1.07 bits per heavy atom. The van der Waals surface area contributed by atoms with Crippen molar-refractivity contribution in [2.45, 2.75) is 6.61 Å². The lowest BCUT2D eigenvalue weighted by Crippen LogP contribution is -2.08. The minimum atomic E-state index is -0.513. The van der Waals surface area contributed by atoms with Crippen LogP contribution in [0.2, 0.25) is 10.0 Å². The average molecular weight is 581 g/mol. The number of methoxy groups -OCH3 is 2. The standard InChI is InChI=1S/C21H18Br2Cl2O5/c1-27-12-16(21(26)28-2)15-6-4-3-5-13(15)11-30-14-9-17(24)20(18(25)10-14)29-8-7-19(22)23/h3-7,9-10,12H,8,11H2,1-2H3. The number of rotatable bonds is 9. The van der Waals surface area contributed by atoms with E-state index in [2.05, 4.69) is 31.9 Å². The van der Waals surface area contributed by atoms with Gasteiger partial charge in [-0.05, 0) is 49.1 Å². The van der Waals surface area contributed by atoms with Crippen molar-refractivity contribution in [3.8, 4) is 11.5 Å². The maximum absolute atomic E-state index is 12.1. The van der Waals surface area contributed by atoms with E-state index in [0.717, 1.165) is 8.96 Å². The summed E-state index contributed by atoms with van der Waals surface area (Å²) in [6.07, 6.45) is 3.10. The van der Waals surface area contributed by atoms with Crippen LogP contribution in [0.15, 0.2) is 52.1 Å². The highest BCUT2D eigenvalue weighted by Crippen LogP contribution is 2.37. The Morgan fingerprint density at radius 3 is 2.33 bits per heavy atom. The van der Waals surface area contributed by atoms with Crippen LogP contribution in [-0.2, 0) is 20.9 Å². The molecular formula is C21H18Br2Cl2O5. The molecular weight excluding hydrogens is 563 g/mol. The summed E-state index contributed by atoms with van der Waals surface area (Å²) in [5.41, 5.74) is 1.67. The Balaban J connectivity index is 2.21. The van der Waals surface area contributed by atoms with Gasteiger partial charge in [0, 0.05) is 12.1 Å². The van der Waals surface area contributed by atoms with Crippen molar-refractivity contribution < 1.29 is 23.7 Å². The Labute approximate surface area is 201 Å². The molecule has 0 aliphatic carbocycles. The first kappa shape index (κ1) is 24.6. The number of benzene rings is 2. The van der Waals surface area contributed by atoms with E-state index in [4.69, 9.17) is 42.1 Å². The Bertz CT molecular complexity index is 933. The fourth-order valence-electron chi connectivity index (χ4n) is 2.47. The number of halogens is 4. The molecule has 0 aliphatic rings. The summed E-state index contributed by atoms with van der Waals surface area (Å²) < 4.78 is 22.1. The summed E-state index contributed by atoms with van der Waals surface area (Å²) in [6, 6.07) is 10.5. The van der Waals surface area contributed by atoms with Gasteiger partial charge in [-0.3, -0.25) is 0 Å². The van der Waals surface area contributed by atoms with Gasteiger partial charge in [0.2, 0.25) is 0 Å². The summed E-state index contributed by atoms with van der Waals surface area (Å²) in [6.45, 7) is 0.446. The largest absolute Gasteiger partial charge is 0.503 e. The van der Waals surface area contributed by atoms with Gasteiger partial charge in [0.1, 0.15) is 24.5 Å². The van der Waals surface area contributed by atoms with Crippen LogP contribution in [0.3, 0.4) is 0 Å². The van der Waals surface area contributed by atoms with Crippen LogP contribution in [-0.4, -0.2) is 26.8 Å². The van der Waals surface area contributed by atoms with Crippen molar-refractivity contribution in [1.82, 2.24) is 0 Å². The van der Waals surface area contributed by atoms with Gasteiger partial charge < -0.3 is 18.9 Å². The molecule has 5 nitrogen and oxygen atoms in total. The monoisotopic (exact) mass is 578 g/mol. The lowest BCUT2D eigenvalue weighted by atomic mass is 10.0. The molecule has 0 fully saturated rings. The minimum Gasteiger partial charge on any atom is -0.503 e. The van der Waals surface area contributed by atoms with Crippen molar-refractivity contribution in [1.29, 1.82) is 0 Å². The number of hydrogen-bond donors (Lipinski definition) is 0. The van der Waals surface area contributed by atoms with Gasteiger partial charge in [-0.2, -0.15) is 0 Å². The molecule has 0 saturated heterocycles. The second-order valence-corrected chi connectivity index (χ2v) is 9.31. The van der Waals surface area contributed by atoms with Crippen LogP contribution in [0.1, 0.15) is 11.1 Å². The highest BCUT2D eigenvalue weighted by Gasteiger charge is 2.17. The lowest BCUT2D eigenvalue weighted by Gasteiger charge is -2.14. The predicted octanol–water partition coefficient (Wildman–Crippen LogP) is 6.74. The zero-order valence-electron chi connectivity index (χ0n) is 16.1. The quantitative estimate of drug-likeness (QED) is 0.187. The molecule has 0 radical (unpaired) electrons. The Morgan fingerprint density at radius 2 is 1.73 bits per heavy atom. The number of carbonyl (C=O) groups excluding carboxylic acids is 1. The van der Waals surface area contributed by atoms with E-state index >= 15 is 0 Å². The zero-order valence-corrected chi connectivity index (χ0v) is 20.8. The maximum Gasteiger partial charge on any atom is 0.341 e. The summed E-state index contributed by atoms with van der Waals surface area (Å²) in [4.78, 5) is 12.1. The van der Waals surface area contributed by atoms with Crippen molar-refractivity contribution in [3.05, 3.63) is 73.3 Å². The van der Waals surface area contributed by atoms with Gasteiger partial charge in [-0.25, -0.2) is 4.79 Å².